The first-order valence-corrected chi connectivity index (χ1v) is 17.7. The van der Waals surface area contributed by atoms with Gasteiger partial charge >= 0.3 is 0 Å². The number of carbonyl (C=O) groups excluding carboxylic acids is 6. The summed E-state index contributed by atoms with van der Waals surface area (Å²) in [6.45, 7) is 5.25. The number of furan rings is 1. The molecule has 0 saturated heterocycles. The summed E-state index contributed by atoms with van der Waals surface area (Å²) in [6.07, 6.45) is 4.76. The molecule has 4 rings (SSSR count). The van der Waals surface area contributed by atoms with Crippen LogP contribution in [0.1, 0.15) is 69.7 Å². The minimum absolute atomic E-state index is 0.102. The van der Waals surface area contributed by atoms with Crippen molar-refractivity contribution in [2.45, 2.75) is 88.6 Å². The topological polar surface area (TPSA) is 258 Å². The second-order valence-corrected chi connectivity index (χ2v) is 14.9. The summed E-state index contributed by atoms with van der Waals surface area (Å²) < 4.78 is 29.0. The molecule has 0 aliphatic heterocycles. The maximum absolute atomic E-state index is 13.4. The molecule has 2 saturated carbocycles. The van der Waals surface area contributed by atoms with E-state index in [0.717, 1.165) is 36.2 Å². The zero-order valence-corrected chi connectivity index (χ0v) is 29.1. The molecule has 0 spiro atoms. The van der Waals surface area contributed by atoms with Crippen LogP contribution in [0.3, 0.4) is 0 Å². The Hall–Kier alpha value is -4.84. The number of nitrogens with zero attached hydrogens (tertiary/aromatic N) is 1. The van der Waals surface area contributed by atoms with Crippen LogP contribution >= 0.6 is 0 Å². The smallest absolute Gasteiger partial charge is 0.287 e. The van der Waals surface area contributed by atoms with Crippen LogP contribution in [0.4, 0.5) is 5.69 Å². The number of primary sulfonamides is 1. The number of ketones is 1. The van der Waals surface area contributed by atoms with Crippen molar-refractivity contribution >= 4 is 51.0 Å². The lowest BCUT2D eigenvalue weighted by atomic mass is 9.60. The number of amides is 5. The van der Waals surface area contributed by atoms with Crippen molar-refractivity contribution < 1.29 is 41.6 Å². The van der Waals surface area contributed by atoms with Gasteiger partial charge in [0.1, 0.15) is 24.5 Å². The third kappa shape index (κ3) is 9.44. The second-order valence-electron chi connectivity index (χ2n) is 13.4. The summed E-state index contributed by atoms with van der Waals surface area (Å²) in [6, 6.07) is 1.95. The monoisotopic (exact) mass is 717 g/mol. The molecule has 0 radical (unpaired) electrons. The summed E-state index contributed by atoms with van der Waals surface area (Å²) in [7, 11) is -3.02. The molecule has 6 atom stereocenters. The molecule has 2 fully saturated rings. The second kappa shape index (κ2) is 15.4. The number of likely N-dealkylation sites (N-methyl/N-ethyl adjacent to an activating group) is 1. The molecular formula is C32H43N7O10S. The SMILES string of the molecule is CNC(=O)C(=O)CC[C@H](NC(=O)c1coc(S(N)(=O)=O)c1)C(=O)Nc1cccn(CC(=O)NC2C(C)CC3CC2CC(C)(NC(C)=O)C3)c1=O. The minimum atomic E-state index is -4.27. The van der Waals surface area contributed by atoms with Crippen LogP contribution in [0, 0.1) is 17.8 Å². The Kier molecular flexibility index (Phi) is 11.7. The van der Waals surface area contributed by atoms with E-state index in [4.69, 9.17) is 9.56 Å². The molecule has 17 nitrogen and oxygen atoms in total. The van der Waals surface area contributed by atoms with Crippen LogP contribution < -0.4 is 37.3 Å². The molecule has 2 aromatic heterocycles. The minimum Gasteiger partial charge on any atom is -0.451 e. The van der Waals surface area contributed by atoms with Gasteiger partial charge in [-0.05, 0) is 68.9 Å². The number of anilines is 1. The third-order valence-corrected chi connectivity index (χ3v) is 9.97. The lowest BCUT2D eigenvalue weighted by molar-refractivity contribution is -0.137. The van der Waals surface area contributed by atoms with Crippen molar-refractivity contribution in [3.63, 3.8) is 0 Å². The Balaban J connectivity index is 1.46. The molecule has 18 heteroatoms. The molecule has 2 heterocycles. The number of rotatable bonds is 13. The molecule has 2 aromatic rings. The summed E-state index contributed by atoms with van der Waals surface area (Å²) in [5.41, 5.74) is -1.61. The lowest BCUT2D eigenvalue weighted by Gasteiger charge is -2.51. The first kappa shape index (κ1) is 38.0. The Morgan fingerprint density at radius 3 is 2.50 bits per heavy atom. The molecule has 50 heavy (non-hydrogen) atoms. The van der Waals surface area contributed by atoms with Crippen LogP contribution in [0.2, 0.25) is 0 Å². The molecule has 272 valence electrons. The van der Waals surface area contributed by atoms with Gasteiger partial charge in [-0.15, -0.1) is 0 Å². The number of hydrogen-bond donors (Lipinski definition) is 6. The van der Waals surface area contributed by atoms with Gasteiger partial charge in [-0.2, -0.15) is 0 Å². The number of carbonyl (C=O) groups is 6. The highest BCUT2D eigenvalue weighted by Gasteiger charge is 2.46. The van der Waals surface area contributed by atoms with Crippen molar-refractivity contribution in [3.8, 4) is 0 Å². The summed E-state index contributed by atoms with van der Waals surface area (Å²) in [4.78, 5) is 88.6. The molecular weight excluding hydrogens is 674 g/mol. The van der Waals surface area contributed by atoms with Gasteiger partial charge in [0.05, 0.1) is 5.56 Å². The van der Waals surface area contributed by atoms with Crippen molar-refractivity contribution in [1.29, 1.82) is 0 Å². The largest absolute Gasteiger partial charge is 0.451 e. The van der Waals surface area contributed by atoms with E-state index >= 15 is 0 Å². The number of pyridine rings is 1. The maximum Gasteiger partial charge on any atom is 0.287 e. The molecule has 2 aliphatic carbocycles. The van der Waals surface area contributed by atoms with Crippen molar-refractivity contribution in [3.05, 3.63) is 46.6 Å². The van der Waals surface area contributed by atoms with Gasteiger partial charge in [-0.1, -0.05) is 6.92 Å². The number of hydrogen-bond acceptors (Lipinski definition) is 10. The number of nitrogens with two attached hydrogens (primary N) is 1. The lowest BCUT2D eigenvalue weighted by Crippen LogP contribution is -2.58. The predicted octanol–water partition coefficient (Wildman–Crippen LogP) is -0.243. The van der Waals surface area contributed by atoms with Crippen LogP contribution in [-0.4, -0.2) is 73.0 Å². The molecule has 5 amide bonds. The average molecular weight is 718 g/mol. The average Bonchev–Trinajstić information content (AvgIpc) is 3.53. The zero-order chi connectivity index (χ0) is 37.0. The van der Waals surface area contributed by atoms with E-state index in [-0.39, 0.29) is 53.5 Å². The maximum atomic E-state index is 13.4. The zero-order valence-electron chi connectivity index (χ0n) is 28.2. The van der Waals surface area contributed by atoms with Gasteiger partial charge in [-0.25, -0.2) is 13.6 Å². The van der Waals surface area contributed by atoms with E-state index < -0.39 is 62.5 Å². The highest BCUT2D eigenvalue weighted by Crippen LogP contribution is 2.46. The molecule has 5 unspecified atom stereocenters. The Bertz CT molecular complexity index is 1840. The summed E-state index contributed by atoms with van der Waals surface area (Å²) >= 11 is 0. The fourth-order valence-electron chi connectivity index (χ4n) is 7.26. The quantitative estimate of drug-likeness (QED) is 0.148. The van der Waals surface area contributed by atoms with Crippen molar-refractivity contribution in [2.75, 3.05) is 12.4 Å². The Morgan fingerprint density at radius 1 is 1.14 bits per heavy atom. The number of Topliss-reactive ketones (excluding diaryl/α,β-unsaturated/α-hetero) is 1. The van der Waals surface area contributed by atoms with Gasteiger partial charge in [0.2, 0.25) is 28.6 Å². The van der Waals surface area contributed by atoms with Gasteiger partial charge in [0.25, 0.3) is 27.4 Å². The number of nitrogens with one attached hydrogen (secondary N) is 5. The van der Waals surface area contributed by atoms with Crippen LogP contribution in [0.15, 0.2) is 45.0 Å². The van der Waals surface area contributed by atoms with E-state index in [2.05, 4.69) is 33.5 Å². The Morgan fingerprint density at radius 2 is 1.86 bits per heavy atom. The predicted molar refractivity (Wildman–Crippen MR) is 178 cm³/mol. The number of sulfonamides is 1. The Labute approximate surface area is 288 Å². The first-order chi connectivity index (χ1) is 23.4. The number of fused-ring (bicyclic) bond motifs is 2. The first-order valence-electron chi connectivity index (χ1n) is 16.1. The van der Waals surface area contributed by atoms with E-state index in [1.165, 1.54) is 32.3 Å². The van der Waals surface area contributed by atoms with Crippen LogP contribution in [0.25, 0.3) is 0 Å². The fraction of sp³-hybridized carbons (Fsp3) is 0.531. The van der Waals surface area contributed by atoms with Crippen LogP contribution in [-0.2, 0) is 40.5 Å². The van der Waals surface area contributed by atoms with Gasteiger partial charge in [0.15, 0.2) is 0 Å². The van der Waals surface area contributed by atoms with Crippen molar-refractivity contribution in [1.82, 2.24) is 25.8 Å². The van der Waals surface area contributed by atoms with Crippen molar-refractivity contribution in [2.24, 2.45) is 22.9 Å². The third-order valence-electron chi connectivity index (χ3n) is 9.19. The van der Waals surface area contributed by atoms with E-state index in [0.29, 0.717) is 12.3 Å². The number of aromatic nitrogens is 1. The van der Waals surface area contributed by atoms with E-state index in [1.807, 2.05) is 6.92 Å². The highest BCUT2D eigenvalue weighted by atomic mass is 32.2. The van der Waals surface area contributed by atoms with Gasteiger partial charge < -0.3 is 35.6 Å². The van der Waals surface area contributed by atoms with Gasteiger partial charge in [0, 0.05) is 44.2 Å². The van der Waals surface area contributed by atoms with E-state index in [9.17, 15) is 42.0 Å². The molecule has 2 aliphatic rings. The molecule has 7 N–H and O–H groups in total. The standard InChI is InChI=1S/C32H43N7O10S/c1-17-10-19-11-20(14-32(3,13-19)38-18(2)40)27(17)37-25(42)15-39-9-5-6-23(31(39)46)36-29(44)22(7-8-24(41)30(45)34-4)35-28(43)21-12-26(49-16-21)50(33,47)48/h5-6,9,12,16-17,19-20,22,27H,7-8,10-11,13-15H2,1-4H3,(H,34,45)(H,35,43)(H,36,44)(H,37,42)(H,38,40)(H2,33,47,48)/t17?,19?,20?,22-,27?,32?/m0/s1. The summed E-state index contributed by atoms with van der Waals surface area (Å²) in [5.74, 6) is -3.45. The summed E-state index contributed by atoms with van der Waals surface area (Å²) in [5, 5.41) is 17.4. The van der Waals surface area contributed by atoms with E-state index in [1.54, 1.807) is 0 Å². The van der Waals surface area contributed by atoms with Gasteiger partial charge in [-0.3, -0.25) is 33.6 Å². The normalized spacial score (nSPS) is 23.5. The van der Waals surface area contributed by atoms with Crippen LogP contribution in [0.5, 0.6) is 0 Å². The fourth-order valence-corrected chi connectivity index (χ4v) is 7.73. The highest BCUT2D eigenvalue weighted by molar-refractivity contribution is 7.89. The molecule has 0 aromatic carbocycles. The molecule has 2 bridgehead atoms.